The number of aromatic nitrogens is 2. The highest BCUT2D eigenvalue weighted by Crippen LogP contribution is 2.08. The second-order valence-electron chi connectivity index (χ2n) is 3.79. The summed E-state index contributed by atoms with van der Waals surface area (Å²) >= 11 is 0. The van der Waals surface area contributed by atoms with E-state index in [4.69, 9.17) is 0 Å². The van der Waals surface area contributed by atoms with Crippen LogP contribution in [-0.4, -0.2) is 36.7 Å². The minimum atomic E-state index is -3.39. The molecule has 0 saturated carbocycles. The van der Waals surface area contributed by atoms with Gasteiger partial charge in [0.05, 0.1) is 23.3 Å². The van der Waals surface area contributed by atoms with Crippen molar-refractivity contribution < 1.29 is 8.42 Å². The summed E-state index contributed by atoms with van der Waals surface area (Å²) < 4.78 is 26.2. The molecule has 17 heavy (non-hydrogen) atoms. The third kappa shape index (κ3) is 4.66. The van der Waals surface area contributed by atoms with E-state index in [9.17, 15) is 8.42 Å². The van der Waals surface area contributed by atoms with Gasteiger partial charge in [-0.2, -0.15) is 0 Å². The molecule has 0 spiro atoms. The van der Waals surface area contributed by atoms with E-state index in [1.165, 1.54) is 18.7 Å². The monoisotopic (exact) mass is 258 g/mol. The first kappa shape index (κ1) is 13.9. The summed E-state index contributed by atoms with van der Waals surface area (Å²) in [6.07, 6.45) is 5.18. The highest BCUT2D eigenvalue weighted by atomic mass is 32.2. The Morgan fingerprint density at radius 3 is 2.59 bits per heavy atom. The van der Waals surface area contributed by atoms with Crippen LogP contribution in [0.1, 0.15) is 20.3 Å². The first-order valence-corrected chi connectivity index (χ1v) is 7.08. The van der Waals surface area contributed by atoms with Crippen LogP contribution in [0.5, 0.6) is 0 Å². The summed E-state index contributed by atoms with van der Waals surface area (Å²) in [6, 6.07) is 0. The molecule has 0 aromatic carbocycles. The molecule has 6 nitrogen and oxygen atoms in total. The standard InChI is InChI=1S/C10H18N4O2S/c1-3-4-11-5-9(2)17(15,16)14-10-6-12-8-13-7-10/h6-9,11,14H,3-5H2,1-2H3. The molecule has 7 heteroatoms. The van der Waals surface area contributed by atoms with Crippen LogP contribution in [0.2, 0.25) is 0 Å². The summed E-state index contributed by atoms with van der Waals surface area (Å²) in [5.41, 5.74) is 0.384. The van der Waals surface area contributed by atoms with Crippen molar-refractivity contribution in [2.24, 2.45) is 0 Å². The average Bonchev–Trinajstić information content (AvgIpc) is 2.30. The van der Waals surface area contributed by atoms with E-state index in [-0.39, 0.29) is 0 Å². The topological polar surface area (TPSA) is 84.0 Å². The summed E-state index contributed by atoms with van der Waals surface area (Å²) in [7, 11) is -3.39. The van der Waals surface area contributed by atoms with Crippen LogP contribution in [0.15, 0.2) is 18.7 Å². The molecule has 0 aliphatic carbocycles. The van der Waals surface area contributed by atoms with E-state index >= 15 is 0 Å². The van der Waals surface area contributed by atoms with Gasteiger partial charge in [-0.3, -0.25) is 4.72 Å². The maximum Gasteiger partial charge on any atom is 0.236 e. The number of nitrogens with one attached hydrogen (secondary N) is 2. The summed E-state index contributed by atoms with van der Waals surface area (Å²) in [4.78, 5) is 7.50. The van der Waals surface area contributed by atoms with Crippen LogP contribution >= 0.6 is 0 Å². The minimum absolute atomic E-state index is 0.384. The maximum atomic E-state index is 11.9. The second kappa shape index (κ2) is 6.51. The Labute approximate surface area is 102 Å². The molecular formula is C10H18N4O2S. The van der Waals surface area contributed by atoms with Gasteiger partial charge < -0.3 is 5.32 Å². The highest BCUT2D eigenvalue weighted by molar-refractivity contribution is 7.93. The van der Waals surface area contributed by atoms with Crippen molar-refractivity contribution in [1.29, 1.82) is 0 Å². The summed E-state index contributed by atoms with van der Waals surface area (Å²) in [5, 5.41) is 2.57. The lowest BCUT2D eigenvalue weighted by atomic mass is 10.4. The third-order valence-electron chi connectivity index (χ3n) is 2.21. The molecule has 0 bridgehead atoms. The summed E-state index contributed by atoms with van der Waals surface area (Å²) in [6.45, 7) is 4.94. The first-order valence-electron chi connectivity index (χ1n) is 5.53. The number of hydrogen-bond donors (Lipinski definition) is 2. The van der Waals surface area contributed by atoms with Gasteiger partial charge in [0, 0.05) is 6.54 Å². The number of nitrogens with zero attached hydrogens (tertiary/aromatic N) is 2. The number of rotatable bonds is 7. The Morgan fingerprint density at radius 1 is 1.35 bits per heavy atom. The Balaban J connectivity index is 2.56. The van der Waals surface area contributed by atoms with E-state index in [2.05, 4.69) is 20.0 Å². The number of anilines is 1. The zero-order valence-electron chi connectivity index (χ0n) is 10.0. The Kier molecular flexibility index (Phi) is 5.30. The van der Waals surface area contributed by atoms with Gasteiger partial charge in [-0.15, -0.1) is 0 Å². The summed E-state index contributed by atoms with van der Waals surface area (Å²) in [5.74, 6) is 0. The molecule has 2 N–H and O–H groups in total. The molecule has 1 aromatic heterocycles. The van der Waals surface area contributed by atoms with Crippen molar-refractivity contribution in [1.82, 2.24) is 15.3 Å². The van der Waals surface area contributed by atoms with Gasteiger partial charge in [0.1, 0.15) is 6.33 Å². The van der Waals surface area contributed by atoms with Crippen molar-refractivity contribution in [2.45, 2.75) is 25.5 Å². The van der Waals surface area contributed by atoms with Gasteiger partial charge in [-0.05, 0) is 19.9 Å². The van der Waals surface area contributed by atoms with Crippen LogP contribution in [0.25, 0.3) is 0 Å². The second-order valence-corrected chi connectivity index (χ2v) is 5.89. The third-order valence-corrected chi connectivity index (χ3v) is 3.96. The molecule has 1 rings (SSSR count). The zero-order valence-corrected chi connectivity index (χ0v) is 10.9. The Hall–Kier alpha value is -1.21. The lowest BCUT2D eigenvalue weighted by molar-refractivity contribution is 0.575. The fraction of sp³-hybridized carbons (Fsp3) is 0.600. The number of sulfonamides is 1. The van der Waals surface area contributed by atoms with E-state index in [1.807, 2.05) is 6.92 Å². The molecule has 0 amide bonds. The van der Waals surface area contributed by atoms with Gasteiger partial charge in [0.2, 0.25) is 10.0 Å². The SMILES string of the molecule is CCCNCC(C)S(=O)(=O)Nc1cncnc1. The van der Waals surface area contributed by atoms with Crippen LogP contribution in [0.4, 0.5) is 5.69 Å². The van der Waals surface area contributed by atoms with Gasteiger partial charge in [0.15, 0.2) is 0 Å². The van der Waals surface area contributed by atoms with Crippen molar-refractivity contribution in [3.05, 3.63) is 18.7 Å². The van der Waals surface area contributed by atoms with Crippen LogP contribution in [0, 0.1) is 0 Å². The molecular weight excluding hydrogens is 240 g/mol. The predicted octanol–water partition coefficient (Wildman–Crippen LogP) is 0.606. The first-order chi connectivity index (χ1) is 8.06. The average molecular weight is 258 g/mol. The molecule has 0 saturated heterocycles. The Bertz CT molecular complexity index is 421. The molecule has 1 unspecified atom stereocenters. The quantitative estimate of drug-likeness (QED) is 0.700. The van der Waals surface area contributed by atoms with Crippen LogP contribution in [-0.2, 0) is 10.0 Å². The molecule has 1 atom stereocenters. The van der Waals surface area contributed by atoms with E-state index in [1.54, 1.807) is 6.92 Å². The lowest BCUT2D eigenvalue weighted by Crippen LogP contribution is -2.35. The van der Waals surface area contributed by atoms with Gasteiger partial charge in [-0.1, -0.05) is 6.92 Å². The zero-order chi connectivity index (χ0) is 12.7. The molecule has 1 heterocycles. The largest absolute Gasteiger partial charge is 0.315 e. The molecule has 1 aromatic rings. The molecule has 0 radical (unpaired) electrons. The fourth-order valence-electron chi connectivity index (χ4n) is 1.21. The van der Waals surface area contributed by atoms with Crippen LogP contribution in [0.3, 0.4) is 0 Å². The van der Waals surface area contributed by atoms with Crippen molar-refractivity contribution in [3.8, 4) is 0 Å². The maximum absolute atomic E-state index is 11.9. The smallest absolute Gasteiger partial charge is 0.236 e. The molecule has 0 fully saturated rings. The Morgan fingerprint density at radius 2 is 2.00 bits per heavy atom. The molecule has 96 valence electrons. The van der Waals surface area contributed by atoms with Crippen molar-refractivity contribution >= 4 is 15.7 Å². The van der Waals surface area contributed by atoms with E-state index in [0.717, 1.165) is 13.0 Å². The fourth-order valence-corrected chi connectivity index (χ4v) is 2.18. The highest BCUT2D eigenvalue weighted by Gasteiger charge is 2.20. The van der Waals surface area contributed by atoms with E-state index < -0.39 is 15.3 Å². The number of hydrogen-bond acceptors (Lipinski definition) is 5. The minimum Gasteiger partial charge on any atom is -0.315 e. The normalized spacial score (nSPS) is 13.3. The van der Waals surface area contributed by atoms with Gasteiger partial charge >= 0.3 is 0 Å². The molecule has 0 aliphatic rings. The van der Waals surface area contributed by atoms with Gasteiger partial charge in [0.25, 0.3) is 0 Å². The van der Waals surface area contributed by atoms with Crippen molar-refractivity contribution in [3.63, 3.8) is 0 Å². The predicted molar refractivity (Wildman–Crippen MR) is 67.2 cm³/mol. The van der Waals surface area contributed by atoms with Gasteiger partial charge in [-0.25, -0.2) is 18.4 Å². The van der Waals surface area contributed by atoms with Crippen LogP contribution < -0.4 is 10.0 Å². The van der Waals surface area contributed by atoms with E-state index in [0.29, 0.717) is 12.2 Å². The molecule has 0 aliphatic heterocycles. The lowest BCUT2D eigenvalue weighted by Gasteiger charge is -2.14. The van der Waals surface area contributed by atoms with Crippen molar-refractivity contribution in [2.75, 3.05) is 17.8 Å².